The predicted octanol–water partition coefficient (Wildman–Crippen LogP) is 2.96. The van der Waals surface area contributed by atoms with Crippen LogP contribution in [0.4, 0.5) is 0 Å². The fraction of sp³-hybridized carbons (Fsp3) is 0.238. The lowest BCUT2D eigenvalue weighted by molar-refractivity contribution is 0.0698. The Balaban J connectivity index is 1.35. The van der Waals surface area contributed by atoms with Crippen molar-refractivity contribution in [3.05, 3.63) is 77.3 Å². The molecule has 3 aromatic rings. The van der Waals surface area contributed by atoms with Gasteiger partial charge in [-0.05, 0) is 37.1 Å². The summed E-state index contributed by atoms with van der Waals surface area (Å²) in [6.07, 6.45) is 7.84. The molecule has 0 bridgehead atoms. The third-order valence-corrected chi connectivity index (χ3v) is 5.29. The third-order valence-electron chi connectivity index (χ3n) is 4.97. The molecule has 1 aliphatic heterocycles. The van der Waals surface area contributed by atoms with Crippen molar-refractivity contribution in [2.45, 2.75) is 18.9 Å². The number of hydrogen-bond donors (Lipinski definition) is 1. The van der Waals surface area contributed by atoms with Crippen LogP contribution in [0.3, 0.4) is 0 Å². The maximum atomic E-state index is 12.8. The van der Waals surface area contributed by atoms with Crippen molar-refractivity contribution in [1.29, 1.82) is 0 Å². The lowest BCUT2D eigenvalue weighted by Gasteiger charge is -2.32. The monoisotopic (exact) mass is 409 g/mol. The molecule has 4 rings (SSSR count). The van der Waals surface area contributed by atoms with Crippen LogP contribution in [0.5, 0.6) is 0 Å². The Kier molecular flexibility index (Phi) is 5.57. The van der Waals surface area contributed by atoms with Crippen molar-refractivity contribution >= 4 is 23.4 Å². The fourth-order valence-corrected chi connectivity index (χ4v) is 3.60. The first kappa shape index (κ1) is 19.1. The van der Waals surface area contributed by atoms with E-state index in [4.69, 9.17) is 11.6 Å². The number of carbonyl (C=O) groups excluding carboxylic acids is 2. The molecule has 0 atom stereocenters. The summed E-state index contributed by atoms with van der Waals surface area (Å²) in [5.74, 6) is -0.204. The normalized spacial score (nSPS) is 14.6. The van der Waals surface area contributed by atoms with E-state index in [1.54, 1.807) is 52.6 Å². The zero-order valence-corrected chi connectivity index (χ0v) is 16.4. The van der Waals surface area contributed by atoms with E-state index in [1.807, 2.05) is 18.2 Å². The number of likely N-dealkylation sites (tertiary alicyclic amines) is 1. The lowest BCUT2D eigenvalue weighted by Crippen LogP contribution is -2.46. The summed E-state index contributed by atoms with van der Waals surface area (Å²) in [5.41, 5.74) is 1.78. The first-order valence-corrected chi connectivity index (χ1v) is 9.79. The van der Waals surface area contributed by atoms with E-state index in [2.05, 4.69) is 15.4 Å². The van der Waals surface area contributed by atoms with E-state index in [0.29, 0.717) is 42.1 Å². The first-order valence-electron chi connectivity index (χ1n) is 9.41. The highest BCUT2D eigenvalue weighted by molar-refractivity contribution is 6.32. The van der Waals surface area contributed by atoms with Crippen molar-refractivity contribution in [1.82, 2.24) is 25.0 Å². The van der Waals surface area contributed by atoms with Gasteiger partial charge < -0.3 is 10.2 Å². The van der Waals surface area contributed by atoms with Gasteiger partial charge in [0.15, 0.2) is 0 Å². The molecular weight excluding hydrogens is 390 g/mol. The van der Waals surface area contributed by atoms with Crippen molar-refractivity contribution in [3.8, 4) is 5.69 Å². The lowest BCUT2D eigenvalue weighted by atomic mass is 10.0. The van der Waals surface area contributed by atoms with Gasteiger partial charge in [-0.1, -0.05) is 23.7 Å². The Morgan fingerprint density at radius 1 is 1.03 bits per heavy atom. The highest BCUT2D eigenvalue weighted by Gasteiger charge is 2.25. The van der Waals surface area contributed by atoms with Gasteiger partial charge in [0.1, 0.15) is 0 Å². The number of aromatic nitrogens is 3. The quantitative estimate of drug-likeness (QED) is 0.718. The summed E-state index contributed by atoms with van der Waals surface area (Å²) in [6.45, 7) is 1.15. The molecular formula is C21H20ClN5O2. The standard InChI is InChI=1S/C21H20ClN5O2/c22-18-5-1-2-6-19(18)27-14-16(13-24-27)21(29)26-10-7-17(8-11-26)25-20(28)15-4-3-9-23-12-15/h1-6,9,12-14,17H,7-8,10-11H2,(H,25,28). The van der Waals surface area contributed by atoms with Crippen LogP contribution >= 0.6 is 11.6 Å². The Hall–Kier alpha value is -3.19. The summed E-state index contributed by atoms with van der Waals surface area (Å²) >= 11 is 6.20. The molecule has 2 aromatic heterocycles. The molecule has 8 heteroatoms. The summed E-state index contributed by atoms with van der Waals surface area (Å²) < 4.78 is 1.61. The smallest absolute Gasteiger partial charge is 0.257 e. The number of halogens is 1. The van der Waals surface area contributed by atoms with E-state index in [0.717, 1.165) is 5.69 Å². The average Bonchev–Trinajstić information content (AvgIpc) is 3.25. The molecule has 1 N–H and O–H groups in total. The van der Waals surface area contributed by atoms with Crippen LogP contribution in [0, 0.1) is 0 Å². The van der Waals surface area contributed by atoms with Crippen LogP contribution < -0.4 is 5.32 Å². The van der Waals surface area contributed by atoms with Crippen molar-refractivity contribution in [3.63, 3.8) is 0 Å². The molecule has 0 saturated carbocycles. The molecule has 1 aromatic carbocycles. The Labute approximate surface area is 173 Å². The van der Waals surface area contributed by atoms with Crippen LogP contribution in [0.2, 0.25) is 5.02 Å². The number of nitrogens with one attached hydrogen (secondary N) is 1. The molecule has 0 radical (unpaired) electrons. The third kappa shape index (κ3) is 4.30. The van der Waals surface area contributed by atoms with E-state index >= 15 is 0 Å². The molecule has 0 aliphatic carbocycles. The molecule has 0 spiro atoms. The zero-order chi connectivity index (χ0) is 20.2. The molecule has 7 nitrogen and oxygen atoms in total. The predicted molar refractivity (Wildman–Crippen MR) is 109 cm³/mol. The van der Waals surface area contributed by atoms with Crippen LogP contribution in [0.25, 0.3) is 5.69 Å². The van der Waals surface area contributed by atoms with Gasteiger partial charge in [-0.15, -0.1) is 0 Å². The van der Waals surface area contributed by atoms with Gasteiger partial charge in [0, 0.05) is 37.7 Å². The van der Waals surface area contributed by atoms with Crippen molar-refractivity contribution in [2.24, 2.45) is 0 Å². The maximum absolute atomic E-state index is 12.8. The number of para-hydroxylation sites is 1. The van der Waals surface area contributed by atoms with Crippen LogP contribution in [-0.4, -0.2) is 50.6 Å². The molecule has 29 heavy (non-hydrogen) atoms. The van der Waals surface area contributed by atoms with E-state index < -0.39 is 0 Å². The minimum Gasteiger partial charge on any atom is -0.349 e. The largest absolute Gasteiger partial charge is 0.349 e. The number of hydrogen-bond acceptors (Lipinski definition) is 4. The number of nitrogens with zero attached hydrogens (tertiary/aromatic N) is 4. The summed E-state index contributed by atoms with van der Waals surface area (Å²) in [4.78, 5) is 30.8. The topological polar surface area (TPSA) is 80.1 Å². The van der Waals surface area contributed by atoms with Gasteiger partial charge in [0.2, 0.25) is 0 Å². The highest BCUT2D eigenvalue weighted by atomic mass is 35.5. The molecule has 1 saturated heterocycles. The zero-order valence-electron chi connectivity index (χ0n) is 15.7. The molecule has 1 fully saturated rings. The second-order valence-electron chi connectivity index (χ2n) is 6.91. The number of carbonyl (C=O) groups is 2. The van der Waals surface area contributed by atoms with Gasteiger partial charge in [-0.3, -0.25) is 14.6 Å². The highest BCUT2D eigenvalue weighted by Crippen LogP contribution is 2.20. The summed E-state index contributed by atoms with van der Waals surface area (Å²) in [7, 11) is 0. The van der Waals surface area contributed by atoms with Crippen LogP contribution in [-0.2, 0) is 0 Å². The van der Waals surface area contributed by atoms with E-state index in [-0.39, 0.29) is 17.9 Å². The minimum absolute atomic E-state index is 0.0394. The van der Waals surface area contributed by atoms with Gasteiger partial charge in [-0.25, -0.2) is 4.68 Å². The van der Waals surface area contributed by atoms with Crippen LogP contribution in [0.15, 0.2) is 61.2 Å². The second-order valence-corrected chi connectivity index (χ2v) is 7.31. The molecule has 0 unspecified atom stereocenters. The number of piperidine rings is 1. The van der Waals surface area contributed by atoms with Crippen molar-refractivity contribution in [2.75, 3.05) is 13.1 Å². The maximum Gasteiger partial charge on any atom is 0.257 e. The molecule has 3 heterocycles. The molecule has 148 valence electrons. The molecule has 1 aliphatic rings. The van der Waals surface area contributed by atoms with Crippen molar-refractivity contribution < 1.29 is 9.59 Å². The number of rotatable bonds is 4. The number of pyridine rings is 1. The Morgan fingerprint density at radius 3 is 2.55 bits per heavy atom. The van der Waals surface area contributed by atoms with Gasteiger partial charge in [-0.2, -0.15) is 5.10 Å². The minimum atomic E-state index is -0.135. The first-order chi connectivity index (χ1) is 14.1. The summed E-state index contributed by atoms with van der Waals surface area (Å²) in [6, 6.07) is 10.9. The number of benzene rings is 1. The van der Waals surface area contributed by atoms with Gasteiger partial charge in [0.05, 0.1) is 28.0 Å². The Bertz CT molecular complexity index is 1010. The Morgan fingerprint density at radius 2 is 1.83 bits per heavy atom. The second kappa shape index (κ2) is 8.45. The van der Waals surface area contributed by atoms with Gasteiger partial charge >= 0.3 is 0 Å². The summed E-state index contributed by atoms with van der Waals surface area (Å²) in [5, 5.41) is 7.86. The fourth-order valence-electron chi connectivity index (χ4n) is 3.38. The van der Waals surface area contributed by atoms with E-state index in [1.165, 1.54) is 0 Å². The average molecular weight is 410 g/mol. The van der Waals surface area contributed by atoms with Gasteiger partial charge in [0.25, 0.3) is 11.8 Å². The molecule has 2 amide bonds. The van der Waals surface area contributed by atoms with Crippen LogP contribution in [0.1, 0.15) is 33.6 Å². The van der Waals surface area contributed by atoms with E-state index in [9.17, 15) is 9.59 Å². The SMILES string of the molecule is O=C(NC1CCN(C(=O)c2cnn(-c3ccccc3Cl)c2)CC1)c1cccnc1. The number of amides is 2.